The fourth-order valence-electron chi connectivity index (χ4n) is 1.84. The van der Waals surface area contributed by atoms with Gasteiger partial charge in [-0.3, -0.25) is 0 Å². The quantitative estimate of drug-likeness (QED) is 0.845. The molecule has 2 nitrogen and oxygen atoms in total. The Labute approximate surface area is 111 Å². The molecule has 102 valence electrons. The predicted octanol–water partition coefficient (Wildman–Crippen LogP) is 3.27. The summed E-state index contributed by atoms with van der Waals surface area (Å²) in [5.41, 5.74) is 9.71. The van der Waals surface area contributed by atoms with Crippen LogP contribution >= 0.6 is 0 Å². The molecular weight excluding hydrogens is 222 g/mol. The van der Waals surface area contributed by atoms with Crippen molar-refractivity contribution in [2.24, 2.45) is 5.73 Å². The Bertz CT molecular complexity index is 378. The Hall–Kier alpha value is -0.860. The first-order valence-electron chi connectivity index (χ1n) is 6.58. The largest absolute Gasteiger partial charge is 0.394 e. The summed E-state index contributed by atoms with van der Waals surface area (Å²) >= 11 is 0. The van der Waals surface area contributed by atoms with Gasteiger partial charge in [0.25, 0.3) is 0 Å². The van der Waals surface area contributed by atoms with Crippen molar-refractivity contribution in [3.63, 3.8) is 0 Å². The first-order valence-corrected chi connectivity index (χ1v) is 6.58. The van der Waals surface area contributed by atoms with Crippen LogP contribution in [-0.4, -0.2) is 11.7 Å². The molecular formula is C16H27NO. The number of hydrogen-bond acceptors (Lipinski definition) is 2. The molecule has 0 saturated heterocycles. The molecule has 0 unspecified atom stereocenters. The van der Waals surface area contributed by atoms with Crippen LogP contribution < -0.4 is 5.73 Å². The Morgan fingerprint density at radius 1 is 0.944 bits per heavy atom. The lowest BCUT2D eigenvalue weighted by Gasteiger charge is -2.27. The molecule has 18 heavy (non-hydrogen) atoms. The third-order valence-electron chi connectivity index (χ3n) is 3.31. The molecule has 0 heterocycles. The summed E-state index contributed by atoms with van der Waals surface area (Å²) in [4.78, 5) is 0. The number of rotatable bonds is 2. The normalized spacial score (nSPS) is 14.7. The first kappa shape index (κ1) is 15.2. The molecule has 0 radical (unpaired) electrons. The van der Waals surface area contributed by atoms with Crippen molar-refractivity contribution < 1.29 is 5.11 Å². The molecule has 1 aromatic rings. The maximum atomic E-state index is 9.25. The van der Waals surface area contributed by atoms with Crippen LogP contribution in [0.1, 0.15) is 64.3 Å². The van der Waals surface area contributed by atoms with Gasteiger partial charge in [-0.25, -0.2) is 0 Å². The molecule has 0 fully saturated rings. The Morgan fingerprint density at radius 2 is 1.33 bits per heavy atom. The molecule has 1 rings (SSSR count). The van der Waals surface area contributed by atoms with Crippen molar-refractivity contribution >= 4 is 0 Å². The number of benzene rings is 1. The molecule has 0 aliphatic heterocycles. The second-order valence-electron chi connectivity index (χ2n) is 7.13. The highest BCUT2D eigenvalue weighted by atomic mass is 16.3. The molecule has 0 saturated carbocycles. The summed E-state index contributed by atoms with van der Waals surface area (Å²) in [6.45, 7) is 13.2. The van der Waals surface area contributed by atoms with E-state index < -0.39 is 0 Å². The van der Waals surface area contributed by atoms with Gasteiger partial charge in [0.05, 0.1) is 12.6 Å². The minimum Gasteiger partial charge on any atom is -0.394 e. The maximum Gasteiger partial charge on any atom is 0.0624 e. The Morgan fingerprint density at radius 3 is 1.61 bits per heavy atom. The van der Waals surface area contributed by atoms with E-state index >= 15 is 0 Å². The van der Waals surface area contributed by atoms with Gasteiger partial charge in [-0.1, -0.05) is 59.7 Å². The summed E-state index contributed by atoms with van der Waals surface area (Å²) in [7, 11) is 0. The van der Waals surface area contributed by atoms with E-state index in [1.165, 1.54) is 11.1 Å². The van der Waals surface area contributed by atoms with E-state index in [4.69, 9.17) is 5.73 Å². The average Bonchev–Trinajstić information content (AvgIpc) is 2.25. The van der Waals surface area contributed by atoms with Crippen molar-refractivity contribution in [1.29, 1.82) is 0 Å². The number of aliphatic hydroxyl groups is 1. The zero-order valence-electron chi connectivity index (χ0n) is 12.5. The highest BCUT2D eigenvalue weighted by Gasteiger charge is 2.21. The van der Waals surface area contributed by atoms with Crippen LogP contribution in [-0.2, 0) is 10.8 Å². The number of nitrogens with two attached hydrogens (primary N) is 1. The van der Waals surface area contributed by atoms with Crippen molar-refractivity contribution in [3.8, 4) is 0 Å². The minimum atomic E-state index is -0.298. The van der Waals surface area contributed by atoms with Crippen LogP contribution in [0.3, 0.4) is 0 Å². The molecule has 2 heteroatoms. The summed E-state index contributed by atoms with van der Waals surface area (Å²) < 4.78 is 0. The van der Waals surface area contributed by atoms with Gasteiger partial charge in [0.1, 0.15) is 0 Å². The summed E-state index contributed by atoms with van der Waals surface area (Å²) in [6.07, 6.45) is 0. The minimum absolute atomic E-state index is 0.0167. The monoisotopic (exact) mass is 249 g/mol. The Kier molecular flexibility index (Phi) is 4.24. The van der Waals surface area contributed by atoms with E-state index in [2.05, 4.69) is 59.7 Å². The lowest BCUT2D eigenvalue weighted by atomic mass is 9.79. The van der Waals surface area contributed by atoms with E-state index in [-0.39, 0.29) is 23.5 Å². The predicted molar refractivity (Wildman–Crippen MR) is 77.9 cm³/mol. The molecule has 0 aliphatic rings. The van der Waals surface area contributed by atoms with Gasteiger partial charge < -0.3 is 10.8 Å². The standard InChI is InChI=1S/C16H27NO/c1-15(2,3)12-7-11(14(17)10-18)8-13(9-12)16(4,5)6/h7-9,14,18H,10,17H2,1-6H3/t14-/m0/s1. The highest BCUT2D eigenvalue weighted by Crippen LogP contribution is 2.31. The molecule has 0 aromatic heterocycles. The molecule has 0 bridgehead atoms. The van der Waals surface area contributed by atoms with Gasteiger partial charge in [0.2, 0.25) is 0 Å². The van der Waals surface area contributed by atoms with E-state index in [0.717, 1.165) is 5.56 Å². The second kappa shape index (κ2) is 5.02. The molecule has 0 amide bonds. The van der Waals surface area contributed by atoms with Crippen molar-refractivity contribution in [2.75, 3.05) is 6.61 Å². The van der Waals surface area contributed by atoms with Crippen LogP contribution in [0.15, 0.2) is 18.2 Å². The number of hydrogen-bond donors (Lipinski definition) is 2. The van der Waals surface area contributed by atoms with E-state index in [1.54, 1.807) is 0 Å². The van der Waals surface area contributed by atoms with Crippen molar-refractivity contribution in [3.05, 3.63) is 34.9 Å². The van der Waals surface area contributed by atoms with Crippen LogP contribution in [0, 0.1) is 0 Å². The second-order valence-corrected chi connectivity index (χ2v) is 7.13. The van der Waals surface area contributed by atoms with E-state index in [9.17, 15) is 5.11 Å². The zero-order valence-corrected chi connectivity index (χ0v) is 12.5. The molecule has 1 aromatic carbocycles. The summed E-state index contributed by atoms with van der Waals surface area (Å²) in [5.74, 6) is 0. The fraction of sp³-hybridized carbons (Fsp3) is 0.625. The highest BCUT2D eigenvalue weighted by molar-refractivity contribution is 5.38. The molecule has 3 N–H and O–H groups in total. The van der Waals surface area contributed by atoms with Gasteiger partial charge in [0, 0.05) is 0 Å². The van der Waals surface area contributed by atoms with Crippen LogP contribution in [0.2, 0.25) is 0 Å². The zero-order chi connectivity index (χ0) is 14.1. The fourth-order valence-corrected chi connectivity index (χ4v) is 1.84. The first-order chi connectivity index (χ1) is 8.05. The van der Waals surface area contributed by atoms with Gasteiger partial charge in [-0.05, 0) is 27.5 Å². The van der Waals surface area contributed by atoms with Gasteiger partial charge >= 0.3 is 0 Å². The topological polar surface area (TPSA) is 46.2 Å². The smallest absolute Gasteiger partial charge is 0.0624 e. The van der Waals surface area contributed by atoms with E-state index in [1.807, 2.05) is 0 Å². The number of aliphatic hydroxyl groups excluding tert-OH is 1. The third-order valence-corrected chi connectivity index (χ3v) is 3.31. The molecule has 0 aliphatic carbocycles. The van der Waals surface area contributed by atoms with Crippen molar-refractivity contribution in [2.45, 2.75) is 58.4 Å². The average molecular weight is 249 g/mol. The third kappa shape index (κ3) is 3.56. The molecule has 0 spiro atoms. The molecule has 1 atom stereocenters. The van der Waals surface area contributed by atoms with Gasteiger partial charge in [-0.2, -0.15) is 0 Å². The van der Waals surface area contributed by atoms with Crippen molar-refractivity contribution in [1.82, 2.24) is 0 Å². The lowest BCUT2D eigenvalue weighted by Crippen LogP contribution is -2.20. The summed E-state index contributed by atoms with van der Waals surface area (Å²) in [6, 6.07) is 6.20. The summed E-state index contributed by atoms with van der Waals surface area (Å²) in [5, 5.41) is 9.25. The van der Waals surface area contributed by atoms with Gasteiger partial charge in [-0.15, -0.1) is 0 Å². The van der Waals surface area contributed by atoms with Crippen LogP contribution in [0.5, 0.6) is 0 Å². The lowest BCUT2D eigenvalue weighted by molar-refractivity contribution is 0.267. The van der Waals surface area contributed by atoms with E-state index in [0.29, 0.717) is 0 Å². The van der Waals surface area contributed by atoms with Crippen LogP contribution in [0.4, 0.5) is 0 Å². The maximum absolute atomic E-state index is 9.25. The SMILES string of the molecule is CC(C)(C)c1cc([C@@H](N)CO)cc(C(C)(C)C)c1. The van der Waals surface area contributed by atoms with Gasteiger partial charge in [0.15, 0.2) is 0 Å². The van der Waals surface area contributed by atoms with Crippen LogP contribution in [0.25, 0.3) is 0 Å². The Balaban J connectivity index is 3.39.